The van der Waals surface area contributed by atoms with Gasteiger partial charge in [-0.05, 0) is 55.8 Å². The van der Waals surface area contributed by atoms with Gasteiger partial charge in [0.1, 0.15) is 5.75 Å². The molecule has 1 saturated heterocycles. The SMILES string of the molecule is COCCc1noc([C@H]2CCCN(Cc3cc4c(cc3OC)CCC4)C2)n1. The summed E-state index contributed by atoms with van der Waals surface area (Å²) >= 11 is 0. The minimum Gasteiger partial charge on any atom is -0.496 e. The predicted molar refractivity (Wildman–Crippen MR) is 102 cm³/mol. The lowest BCUT2D eigenvalue weighted by molar-refractivity contribution is 0.178. The van der Waals surface area contributed by atoms with Gasteiger partial charge in [0.15, 0.2) is 5.82 Å². The Morgan fingerprint density at radius 3 is 2.85 bits per heavy atom. The number of benzene rings is 1. The summed E-state index contributed by atoms with van der Waals surface area (Å²) in [6.45, 7) is 3.58. The highest BCUT2D eigenvalue weighted by molar-refractivity contribution is 5.44. The van der Waals surface area contributed by atoms with E-state index in [1.807, 2.05) is 0 Å². The molecular weight excluding hydrogens is 342 g/mol. The second kappa shape index (κ2) is 8.40. The molecule has 1 aliphatic heterocycles. The number of aromatic nitrogens is 2. The lowest BCUT2D eigenvalue weighted by Crippen LogP contribution is -2.34. The quantitative estimate of drug-likeness (QED) is 0.745. The number of nitrogens with zero attached hydrogens (tertiary/aromatic N) is 3. The van der Waals surface area contributed by atoms with Gasteiger partial charge in [0.25, 0.3) is 0 Å². The number of fused-ring (bicyclic) bond motifs is 1. The molecule has 1 atom stereocenters. The highest BCUT2D eigenvalue weighted by Crippen LogP contribution is 2.32. The van der Waals surface area contributed by atoms with Gasteiger partial charge in [-0.3, -0.25) is 4.90 Å². The summed E-state index contributed by atoms with van der Waals surface area (Å²) in [4.78, 5) is 7.08. The van der Waals surface area contributed by atoms with Crippen LogP contribution in [-0.4, -0.2) is 49.0 Å². The molecular formula is C21H29N3O3. The Hall–Kier alpha value is -1.92. The molecule has 1 fully saturated rings. The van der Waals surface area contributed by atoms with Crippen LogP contribution in [0.3, 0.4) is 0 Å². The topological polar surface area (TPSA) is 60.6 Å². The van der Waals surface area contributed by atoms with Crippen molar-refractivity contribution in [2.75, 3.05) is 33.9 Å². The van der Waals surface area contributed by atoms with Crippen LogP contribution in [0.2, 0.25) is 0 Å². The summed E-state index contributed by atoms with van der Waals surface area (Å²) in [5.41, 5.74) is 4.26. The van der Waals surface area contributed by atoms with Crippen molar-refractivity contribution in [2.24, 2.45) is 0 Å². The van der Waals surface area contributed by atoms with Gasteiger partial charge in [0.05, 0.1) is 19.6 Å². The number of aryl methyl sites for hydroxylation is 2. The van der Waals surface area contributed by atoms with Crippen molar-refractivity contribution in [3.8, 4) is 5.75 Å². The number of hydrogen-bond acceptors (Lipinski definition) is 6. The van der Waals surface area contributed by atoms with E-state index in [0.29, 0.717) is 18.9 Å². The molecule has 0 N–H and O–H groups in total. The molecule has 146 valence electrons. The molecule has 0 saturated carbocycles. The van der Waals surface area contributed by atoms with Gasteiger partial charge in [-0.2, -0.15) is 4.98 Å². The van der Waals surface area contributed by atoms with E-state index in [1.165, 1.54) is 36.0 Å². The van der Waals surface area contributed by atoms with Crippen molar-refractivity contribution in [1.29, 1.82) is 0 Å². The predicted octanol–water partition coefficient (Wildman–Crippen LogP) is 3.14. The maximum absolute atomic E-state index is 5.69. The third kappa shape index (κ3) is 4.17. The molecule has 2 aliphatic rings. The summed E-state index contributed by atoms with van der Waals surface area (Å²) in [5.74, 6) is 2.84. The number of piperidine rings is 1. The Kier molecular flexibility index (Phi) is 5.74. The van der Waals surface area contributed by atoms with Crippen molar-refractivity contribution < 1.29 is 14.0 Å². The van der Waals surface area contributed by atoms with Crippen LogP contribution >= 0.6 is 0 Å². The zero-order chi connectivity index (χ0) is 18.6. The van der Waals surface area contributed by atoms with Gasteiger partial charge >= 0.3 is 0 Å². The Balaban J connectivity index is 1.44. The fraction of sp³-hybridized carbons (Fsp3) is 0.619. The van der Waals surface area contributed by atoms with E-state index in [1.54, 1.807) is 14.2 Å². The number of rotatable bonds is 7. The molecule has 27 heavy (non-hydrogen) atoms. The monoisotopic (exact) mass is 371 g/mol. The minimum atomic E-state index is 0.308. The first-order valence-corrected chi connectivity index (χ1v) is 9.99. The summed E-state index contributed by atoms with van der Waals surface area (Å²) in [6.07, 6.45) is 6.58. The van der Waals surface area contributed by atoms with E-state index in [-0.39, 0.29) is 0 Å². The van der Waals surface area contributed by atoms with E-state index in [9.17, 15) is 0 Å². The number of hydrogen-bond donors (Lipinski definition) is 0. The van der Waals surface area contributed by atoms with Gasteiger partial charge in [-0.25, -0.2) is 0 Å². The van der Waals surface area contributed by atoms with Gasteiger partial charge < -0.3 is 14.0 Å². The second-order valence-electron chi connectivity index (χ2n) is 7.65. The Labute approximate surface area is 160 Å². The molecule has 2 heterocycles. The first-order chi connectivity index (χ1) is 13.3. The average molecular weight is 371 g/mol. The van der Waals surface area contributed by atoms with Crippen LogP contribution in [0.15, 0.2) is 16.7 Å². The van der Waals surface area contributed by atoms with Crippen LogP contribution in [0.25, 0.3) is 0 Å². The van der Waals surface area contributed by atoms with E-state index in [4.69, 9.17) is 14.0 Å². The van der Waals surface area contributed by atoms with Crippen LogP contribution in [0.5, 0.6) is 5.75 Å². The van der Waals surface area contributed by atoms with Crippen LogP contribution < -0.4 is 4.74 Å². The normalized spacial score (nSPS) is 20.0. The van der Waals surface area contributed by atoms with E-state index in [0.717, 1.165) is 49.9 Å². The van der Waals surface area contributed by atoms with Gasteiger partial charge in [-0.15, -0.1) is 0 Å². The van der Waals surface area contributed by atoms with Gasteiger partial charge in [0.2, 0.25) is 5.89 Å². The molecule has 0 radical (unpaired) electrons. The van der Waals surface area contributed by atoms with Crippen LogP contribution in [0.4, 0.5) is 0 Å². The molecule has 6 nitrogen and oxygen atoms in total. The van der Waals surface area contributed by atoms with Crippen LogP contribution in [-0.2, 0) is 30.5 Å². The summed E-state index contributed by atoms with van der Waals surface area (Å²) in [6, 6.07) is 4.61. The fourth-order valence-corrected chi connectivity index (χ4v) is 4.34. The number of ether oxygens (including phenoxy) is 2. The minimum absolute atomic E-state index is 0.308. The largest absolute Gasteiger partial charge is 0.496 e. The van der Waals surface area contributed by atoms with Crippen molar-refractivity contribution in [3.63, 3.8) is 0 Å². The number of likely N-dealkylation sites (tertiary alicyclic amines) is 1. The maximum atomic E-state index is 5.69. The number of methoxy groups -OCH3 is 2. The molecule has 6 heteroatoms. The zero-order valence-electron chi connectivity index (χ0n) is 16.4. The molecule has 1 aromatic heterocycles. The van der Waals surface area contributed by atoms with Crippen molar-refractivity contribution in [1.82, 2.24) is 15.0 Å². The smallest absolute Gasteiger partial charge is 0.231 e. The molecule has 1 aliphatic carbocycles. The highest BCUT2D eigenvalue weighted by atomic mass is 16.5. The van der Waals surface area contributed by atoms with E-state index < -0.39 is 0 Å². The lowest BCUT2D eigenvalue weighted by Gasteiger charge is -2.31. The van der Waals surface area contributed by atoms with Crippen molar-refractivity contribution in [3.05, 3.63) is 40.5 Å². The summed E-state index contributed by atoms with van der Waals surface area (Å²) in [7, 11) is 3.46. The Bertz CT molecular complexity index is 774. The first kappa shape index (κ1) is 18.4. The molecule has 0 spiro atoms. The third-order valence-electron chi connectivity index (χ3n) is 5.76. The van der Waals surface area contributed by atoms with Crippen molar-refractivity contribution >= 4 is 0 Å². The van der Waals surface area contributed by atoms with Crippen LogP contribution in [0.1, 0.15) is 53.6 Å². The maximum Gasteiger partial charge on any atom is 0.231 e. The van der Waals surface area contributed by atoms with E-state index >= 15 is 0 Å². The molecule has 2 aromatic rings. The molecule has 1 aromatic carbocycles. The first-order valence-electron chi connectivity index (χ1n) is 9.99. The zero-order valence-corrected chi connectivity index (χ0v) is 16.4. The molecule has 0 unspecified atom stereocenters. The highest BCUT2D eigenvalue weighted by Gasteiger charge is 2.27. The van der Waals surface area contributed by atoms with Crippen LogP contribution in [0, 0.1) is 0 Å². The Morgan fingerprint density at radius 2 is 2.04 bits per heavy atom. The van der Waals surface area contributed by atoms with Gasteiger partial charge in [-0.1, -0.05) is 11.2 Å². The summed E-state index contributed by atoms with van der Waals surface area (Å²) < 4.78 is 16.3. The molecule has 0 amide bonds. The summed E-state index contributed by atoms with van der Waals surface area (Å²) in [5, 5.41) is 4.10. The molecule has 4 rings (SSSR count). The standard InChI is InChI=1S/C21H29N3O3/c1-25-10-8-20-22-21(27-23-20)17-7-4-9-24(13-17)14-18-11-15-5-3-6-16(15)12-19(18)26-2/h11-12,17H,3-10,13-14H2,1-2H3/t17-/m0/s1. The fourth-order valence-electron chi connectivity index (χ4n) is 4.34. The molecule has 0 bridgehead atoms. The van der Waals surface area contributed by atoms with E-state index in [2.05, 4.69) is 27.2 Å². The van der Waals surface area contributed by atoms with Crippen molar-refractivity contribution in [2.45, 2.75) is 51.0 Å². The lowest BCUT2D eigenvalue weighted by atomic mass is 9.97. The average Bonchev–Trinajstić information content (AvgIpc) is 3.35. The second-order valence-corrected chi connectivity index (χ2v) is 7.65. The van der Waals surface area contributed by atoms with Gasteiger partial charge in [0, 0.05) is 32.2 Å². The Morgan fingerprint density at radius 1 is 1.19 bits per heavy atom. The third-order valence-corrected chi connectivity index (χ3v) is 5.76.